The average molecular weight is 460 g/mol. The highest BCUT2D eigenvalue weighted by Gasteiger charge is 2.17. The van der Waals surface area contributed by atoms with Gasteiger partial charge in [0.1, 0.15) is 5.82 Å². The van der Waals surface area contributed by atoms with Crippen LogP contribution >= 0.6 is 22.7 Å². The Kier molecular flexibility index (Phi) is 4.10. The highest BCUT2D eigenvalue weighted by atomic mass is 32.1. The van der Waals surface area contributed by atoms with Gasteiger partial charge in [-0.3, -0.25) is 0 Å². The summed E-state index contributed by atoms with van der Waals surface area (Å²) in [6.07, 6.45) is 0. The summed E-state index contributed by atoms with van der Waals surface area (Å²) in [7, 11) is 0. The van der Waals surface area contributed by atoms with Crippen LogP contribution in [0.3, 0.4) is 0 Å². The summed E-state index contributed by atoms with van der Waals surface area (Å²) in [6, 6.07) is 29.9. The van der Waals surface area contributed by atoms with Crippen LogP contribution in [-0.4, -0.2) is 15.0 Å². The molecule has 5 heteroatoms. The maximum absolute atomic E-state index is 5.01. The van der Waals surface area contributed by atoms with Crippen LogP contribution in [0.5, 0.6) is 0 Å². The molecule has 0 aliphatic carbocycles. The smallest absolute Gasteiger partial charge is 0.165 e. The predicted octanol–water partition coefficient (Wildman–Crippen LogP) is 8.25. The molecule has 7 aromatic rings. The molecule has 0 unspecified atom stereocenters. The summed E-state index contributed by atoms with van der Waals surface area (Å²) in [5.74, 6) is 2.19. The molecular weight excluding hydrogens is 442 g/mol. The molecule has 0 aliphatic rings. The van der Waals surface area contributed by atoms with Gasteiger partial charge < -0.3 is 0 Å². The molecular formula is C28H17N3S2. The van der Waals surface area contributed by atoms with Crippen molar-refractivity contribution in [3.05, 3.63) is 90.8 Å². The Balaban J connectivity index is 1.48. The third-order valence-electron chi connectivity index (χ3n) is 6.04. The van der Waals surface area contributed by atoms with E-state index in [9.17, 15) is 0 Å². The lowest BCUT2D eigenvalue weighted by Gasteiger charge is -2.07. The van der Waals surface area contributed by atoms with Gasteiger partial charge in [-0.2, -0.15) is 0 Å². The lowest BCUT2D eigenvalue weighted by Crippen LogP contribution is -1.99. The van der Waals surface area contributed by atoms with E-state index in [1.54, 1.807) is 22.7 Å². The molecule has 0 saturated heterocycles. The molecule has 0 amide bonds. The van der Waals surface area contributed by atoms with Gasteiger partial charge in [0, 0.05) is 51.5 Å². The predicted molar refractivity (Wildman–Crippen MR) is 141 cm³/mol. The fourth-order valence-electron chi connectivity index (χ4n) is 4.57. The zero-order chi connectivity index (χ0) is 21.9. The zero-order valence-corrected chi connectivity index (χ0v) is 19.4. The van der Waals surface area contributed by atoms with Crippen molar-refractivity contribution in [2.75, 3.05) is 0 Å². The number of aryl methyl sites for hydroxylation is 1. The van der Waals surface area contributed by atoms with Crippen LogP contribution in [0.2, 0.25) is 0 Å². The number of aromatic nitrogens is 3. The Labute approximate surface area is 198 Å². The fraction of sp³-hybridized carbons (Fsp3) is 0.0357. The molecule has 3 heterocycles. The lowest BCUT2D eigenvalue weighted by molar-refractivity contribution is 0.995. The highest BCUT2D eigenvalue weighted by Crippen LogP contribution is 2.41. The van der Waals surface area contributed by atoms with Crippen LogP contribution in [0, 0.1) is 6.92 Å². The van der Waals surface area contributed by atoms with E-state index >= 15 is 0 Å². The van der Waals surface area contributed by atoms with Crippen LogP contribution in [0.4, 0.5) is 0 Å². The number of benzene rings is 4. The minimum atomic E-state index is 0.728. The molecule has 0 aliphatic heterocycles. The molecule has 156 valence electrons. The van der Waals surface area contributed by atoms with E-state index in [1.165, 1.54) is 40.3 Å². The quantitative estimate of drug-likeness (QED) is 0.261. The van der Waals surface area contributed by atoms with Crippen molar-refractivity contribution in [1.82, 2.24) is 15.0 Å². The van der Waals surface area contributed by atoms with Gasteiger partial charge in [0.15, 0.2) is 11.6 Å². The molecule has 0 spiro atoms. The second-order valence-corrected chi connectivity index (χ2v) is 10.2. The maximum Gasteiger partial charge on any atom is 0.165 e. The Morgan fingerprint density at radius 2 is 0.939 bits per heavy atom. The number of rotatable bonds is 2. The highest BCUT2D eigenvalue weighted by molar-refractivity contribution is 7.26. The van der Waals surface area contributed by atoms with Gasteiger partial charge in [0.05, 0.1) is 0 Å². The van der Waals surface area contributed by atoms with E-state index in [2.05, 4.69) is 84.9 Å². The molecule has 0 fully saturated rings. The fourth-order valence-corrected chi connectivity index (χ4v) is 6.99. The number of nitrogens with zero attached hydrogens (tertiary/aromatic N) is 3. The maximum atomic E-state index is 5.01. The SMILES string of the molecule is Cc1nc(-c2cccc3c2sc2ccccc23)nc(-c2cccc3c2sc2ccccc23)n1. The van der Waals surface area contributed by atoms with Gasteiger partial charge in [-0.25, -0.2) is 15.0 Å². The van der Waals surface area contributed by atoms with E-state index in [0.717, 1.165) is 28.6 Å². The third kappa shape index (κ3) is 2.90. The van der Waals surface area contributed by atoms with E-state index in [0.29, 0.717) is 0 Å². The summed E-state index contributed by atoms with van der Waals surface area (Å²) in [5, 5.41) is 5.06. The topological polar surface area (TPSA) is 38.7 Å². The van der Waals surface area contributed by atoms with Gasteiger partial charge in [0.25, 0.3) is 0 Å². The zero-order valence-electron chi connectivity index (χ0n) is 17.7. The number of thiophene rings is 2. The Morgan fingerprint density at radius 1 is 0.485 bits per heavy atom. The molecule has 0 N–H and O–H groups in total. The molecule has 0 radical (unpaired) electrons. The molecule has 33 heavy (non-hydrogen) atoms. The molecule has 0 atom stereocenters. The van der Waals surface area contributed by atoms with Crippen molar-refractivity contribution in [1.29, 1.82) is 0 Å². The van der Waals surface area contributed by atoms with Gasteiger partial charge >= 0.3 is 0 Å². The normalized spacial score (nSPS) is 11.8. The first-order chi connectivity index (χ1) is 16.3. The minimum absolute atomic E-state index is 0.728. The average Bonchev–Trinajstić information content (AvgIpc) is 3.42. The van der Waals surface area contributed by atoms with Crippen molar-refractivity contribution < 1.29 is 0 Å². The molecule has 3 nitrogen and oxygen atoms in total. The van der Waals surface area contributed by atoms with Crippen LogP contribution in [0.15, 0.2) is 84.9 Å². The van der Waals surface area contributed by atoms with E-state index in [4.69, 9.17) is 15.0 Å². The van der Waals surface area contributed by atoms with E-state index in [-0.39, 0.29) is 0 Å². The van der Waals surface area contributed by atoms with E-state index < -0.39 is 0 Å². The molecule has 0 bridgehead atoms. The molecule has 4 aromatic carbocycles. The Morgan fingerprint density at radius 3 is 1.45 bits per heavy atom. The first-order valence-corrected chi connectivity index (χ1v) is 12.4. The summed E-state index contributed by atoms with van der Waals surface area (Å²) in [5.41, 5.74) is 2.12. The third-order valence-corrected chi connectivity index (χ3v) is 8.48. The summed E-state index contributed by atoms with van der Waals surface area (Å²) >= 11 is 3.60. The summed E-state index contributed by atoms with van der Waals surface area (Å²) in [6.45, 7) is 1.95. The van der Waals surface area contributed by atoms with Gasteiger partial charge in [0.2, 0.25) is 0 Å². The van der Waals surface area contributed by atoms with Crippen molar-refractivity contribution in [3.8, 4) is 22.8 Å². The van der Waals surface area contributed by atoms with Gasteiger partial charge in [-0.15, -0.1) is 22.7 Å². The number of hydrogen-bond acceptors (Lipinski definition) is 5. The van der Waals surface area contributed by atoms with Crippen molar-refractivity contribution >= 4 is 63.0 Å². The summed E-state index contributed by atoms with van der Waals surface area (Å²) in [4.78, 5) is 14.5. The first kappa shape index (κ1) is 18.9. The van der Waals surface area contributed by atoms with Crippen LogP contribution in [0.1, 0.15) is 5.82 Å². The van der Waals surface area contributed by atoms with Crippen LogP contribution in [0.25, 0.3) is 63.1 Å². The second kappa shape index (κ2) is 7.17. The summed E-state index contributed by atoms with van der Waals surface area (Å²) < 4.78 is 4.99. The molecule has 3 aromatic heterocycles. The standard InChI is InChI=1S/C28H17N3S2/c1-16-29-27(21-12-6-10-19-17-8-2-4-14-23(17)32-25(19)21)31-28(30-16)22-13-7-11-20-18-9-3-5-15-24(18)33-26(20)22/h2-15H,1H3. The Hall–Kier alpha value is -3.67. The van der Waals surface area contributed by atoms with E-state index in [1.807, 2.05) is 6.92 Å². The second-order valence-electron chi connectivity index (χ2n) is 8.09. The lowest BCUT2D eigenvalue weighted by atomic mass is 10.1. The largest absolute Gasteiger partial charge is 0.213 e. The molecule has 7 rings (SSSR count). The van der Waals surface area contributed by atoms with Crippen LogP contribution < -0.4 is 0 Å². The molecule has 0 saturated carbocycles. The monoisotopic (exact) mass is 459 g/mol. The Bertz CT molecular complexity index is 1710. The van der Waals surface area contributed by atoms with Crippen molar-refractivity contribution in [3.63, 3.8) is 0 Å². The number of hydrogen-bond donors (Lipinski definition) is 0. The van der Waals surface area contributed by atoms with Crippen LogP contribution in [-0.2, 0) is 0 Å². The van der Waals surface area contributed by atoms with Crippen molar-refractivity contribution in [2.45, 2.75) is 6.92 Å². The first-order valence-electron chi connectivity index (χ1n) is 10.8. The minimum Gasteiger partial charge on any atom is -0.213 e. The van der Waals surface area contributed by atoms with Crippen molar-refractivity contribution in [2.24, 2.45) is 0 Å². The number of fused-ring (bicyclic) bond motifs is 6. The van der Waals surface area contributed by atoms with Gasteiger partial charge in [-0.1, -0.05) is 60.7 Å². The van der Waals surface area contributed by atoms with Gasteiger partial charge in [-0.05, 0) is 31.2 Å².